The molecule has 0 saturated carbocycles. The van der Waals surface area contributed by atoms with Crippen LogP contribution in [-0.2, 0) is 9.53 Å². The van der Waals surface area contributed by atoms with Gasteiger partial charge < -0.3 is 19.5 Å². The average Bonchev–Trinajstić information content (AvgIpc) is 3.09. The fourth-order valence-electron chi connectivity index (χ4n) is 3.93. The van der Waals surface area contributed by atoms with Crippen LogP contribution < -0.4 is 10.2 Å². The number of Topliss-reactive ketones (excluding diaryl/α,β-unsaturated/α-hetero) is 1. The minimum absolute atomic E-state index is 0.366. The van der Waals surface area contributed by atoms with E-state index in [0.29, 0.717) is 35.2 Å². The van der Waals surface area contributed by atoms with E-state index in [2.05, 4.69) is 26.1 Å². The number of nitrogens with one attached hydrogen (secondary N) is 1. The molecule has 8 heteroatoms. The van der Waals surface area contributed by atoms with E-state index in [1.165, 1.54) is 0 Å². The second-order valence-electron chi connectivity index (χ2n) is 7.65. The van der Waals surface area contributed by atoms with Crippen molar-refractivity contribution in [3.8, 4) is 5.69 Å². The van der Waals surface area contributed by atoms with Crippen molar-refractivity contribution in [2.75, 3.05) is 36.5 Å². The van der Waals surface area contributed by atoms with Gasteiger partial charge in [0.1, 0.15) is 0 Å². The summed E-state index contributed by atoms with van der Waals surface area (Å²) in [5.41, 5.74) is 4.27. The molecular formula is C24H23BrClN3O3. The van der Waals surface area contributed by atoms with Crippen LogP contribution >= 0.6 is 27.5 Å². The molecule has 0 bridgehead atoms. The Kier molecular flexibility index (Phi) is 6.69. The summed E-state index contributed by atoms with van der Waals surface area (Å²) in [5, 5.41) is 3.30. The van der Waals surface area contributed by atoms with Crippen LogP contribution in [0.1, 0.15) is 21.7 Å². The maximum Gasteiger partial charge on any atom is 0.296 e. The van der Waals surface area contributed by atoms with Crippen molar-refractivity contribution < 1.29 is 14.3 Å². The molecule has 0 atom stereocenters. The number of halogens is 2. The van der Waals surface area contributed by atoms with Gasteiger partial charge in [-0.05, 0) is 62.4 Å². The molecule has 4 rings (SSSR count). The van der Waals surface area contributed by atoms with Gasteiger partial charge in [-0.25, -0.2) is 0 Å². The van der Waals surface area contributed by atoms with E-state index in [1.54, 1.807) is 30.3 Å². The summed E-state index contributed by atoms with van der Waals surface area (Å²) >= 11 is 9.96. The summed E-state index contributed by atoms with van der Waals surface area (Å²) < 4.78 is 8.25. The van der Waals surface area contributed by atoms with Crippen molar-refractivity contribution in [1.29, 1.82) is 0 Å². The number of morpholine rings is 1. The lowest BCUT2D eigenvalue weighted by Crippen LogP contribution is -2.36. The van der Waals surface area contributed by atoms with Crippen LogP contribution in [0.15, 0.2) is 53.0 Å². The average molecular weight is 517 g/mol. The lowest BCUT2D eigenvalue weighted by Gasteiger charge is -2.29. The molecule has 0 radical (unpaired) electrons. The van der Waals surface area contributed by atoms with Gasteiger partial charge in [-0.2, -0.15) is 0 Å². The molecule has 0 aliphatic carbocycles. The van der Waals surface area contributed by atoms with E-state index >= 15 is 0 Å². The minimum atomic E-state index is -0.673. The van der Waals surface area contributed by atoms with Crippen LogP contribution in [0, 0.1) is 13.8 Å². The fourth-order valence-corrected chi connectivity index (χ4v) is 4.49. The number of hydrogen-bond acceptors (Lipinski definition) is 4. The van der Waals surface area contributed by atoms with Crippen molar-refractivity contribution in [2.24, 2.45) is 0 Å². The fraction of sp³-hybridized carbons (Fsp3) is 0.250. The molecule has 1 aliphatic heterocycles. The van der Waals surface area contributed by atoms with E-state index in [-0.39, 0.29) is 0 Å². The third kappa shape index (κ3) is 4.60. The minimum Gasteiger partial charge on any atom is -0.378 e. The first-order valence-corrected chi connectivity index (χ1v) is 11.4. The number of nitrogens with zero attached hydrogens (tertiary/aromatic N) is 2. The van der Waals surface area contributed by atoms with Gasteiger partial charge in [-0.15, -0.1) is 0 Å². The Hall–Kier alpha value is -2.61. The molecule has 0 spiro atoms. The second kappa shape index (κ2) is 9.48. The van der Waals surface area contributed by atoms with Crippen LogP contribution in [0.4, 0.5) is 11.4 Å². The van der Waals surface area contributed by atoms with Gasteiger partial charge in [0.05, 0.1) is 23.9 Å². The van der Waals surface area contributed by atoms with Crippen LogP contribution in [0.25, 0.3) is 5.69 Å². The lowest BCUT2D eigenvalue weighted by atomic mass is 10.1. The SMILES string of the molecule is Cc1cc(C(=O)C(=O)Nc2ccc(Br)cc2)c(C)n1-c1ccc(N2CCOCC2)c(Cl)c1. The monoisotopic (exact) mass is 515 g/mol. The third-order valence-electron chi connectivity index (χ3n) is 5.53. The van der Waals surface area contributed by atoms with Crippen LogP contribution in [-0.4, -0.2) is 42.6 Å². The van der Waals surface area contributed by atoms with Gasteiger partial charge in [0.2, 0.25) is 0 Å². The van der Waals surface area contributed by atoms with Gasteiger partial charge in [-0.3, -0.25) is 9.59 Å². The first-order valence-electron chi connectivity index (χ1n) is 10.3. The normalized spacial score (nSPS) is 13.8. The second-order valence-corrected chi connectivity index (χ2v) is 8.97. The number of hydrogen-bond donors (Lipinski definition) is 1. The Balaban J connectivity index is 1.58. The first-order chi connectivity index (χ1) is 15.3. The maximum absolute atomic E-state index is 12.9. The predicted octanol–water partition coefficient (Wildman–Crippen LogP) is 5.17. The lowest BCUT2D eigenvalue weighted by molar-refractivity contribution is -0.112. The molecule has 32 heavy (non-hydrogen) atoms. The highest BCUT2D eigenvalue weighted by molar-refractivity contribution is 9.10. The smallest absolute Gasteiger partial charge is 0.296 e. The van der Waals surface area contributed by atoms with Gasteiger partial charge in [0, 0.05) is 45.9 Å². The third-order valence-corrected chi connectivity index (χ3v) is 6.36. The number of benzene rings is 2. The van der Waals surface area contributed by atoms with Gasteiger partial charge >= 0.3 is 0 Å². The summed E-state index contributed by atoms with van der Waals surface area (Å²) in [6.45, 7) is 6.69. The highest BCUT2D eigenvalue weighted by Gasteiger charge is 2.23. The molecule has 1 amide bonds. The molecule has 6 nitrogen and oxygen atoms in total. The van der Waals surface area contributed by atoms with Crippen molar-refractivity contribution in [1.82, 2.24) is 4.57 Å². The standard InChI is InChI=1S/C24H23BrClN3O3/c1-15-13-20(23(30)24(31)27-18-5-3-17(25)4-6-18)16(2)29(15)19-7-8-22(21(26)14-19)28-9-11-32-12-10-28/h3-8,13-14H,9-12H2,1-2H3,(H,27,31). The molecule has 1 aliphatic rings. The number of ketones is 1. The van der Waals surface area contributed by atoms with Crippen molar-refractivity contribution in [3.63, 3.8) is 0 Å². The van der Waals surface area contributed by atoms with Gasteiger partial charge in [0.15, 0.2) is 0 Å². The Morgan fingerprint density at radius 2 is 1.72 bits per heavy atom. The molecule has 2 heterocycles. The Morgan fingerprint density at radius 1 is 1.03 bits per heavy atom. The summed E-state index contributed by atoms with van der Waals surface area (Å²) in [6, 6.07) is 14.7. The van der Waals surface area contributed by atoms with E-state index < -0.39 is 11.7 Å². The zero-order valence-corrected chi connectivity index (χ0v) is 20.2. The number of anilines is 2. The Bertz CT molecular complexity index is 1170. The Morgan fingerprint density at radius 3 is 2.38 bits per heavy atom. The van der Waals surface area contributed by atoms with E-state index in [0.717, 1.165) is 34.6 Å². The quantitative estimate of drug-likeness (QED) is 0.375. The summed E-state index contributed by atoms with van der Waals surface area (Å²) in [5.74, 6) is -1.25. The molecule has 166 valence electrons. The summed E-state index contributed by atoms with van der Waals surface area (Å²) in [4.78, 5) is 27.6. The highest BCUT2D eigenvalue weighted by atomic mass is 79.9. The predicted molar refractivity (Wildman–Crippen MR) is 130 cm³/mol. The molecule has 1 fully saturated rings. The van der Waals surface area contributed by atoms with E-state index in [4.69, 9.17) is 16.3 Å². The topological polar surface area (TPSA) is 63.6 Å². The number of ether oxygens (including phenoxy) is 1. The number of amides is 1. The van der Waals surface area contributed by atoms with Crippen LogP contribution in [0.2, 0.25) is 5.02 Å². The molecule has 1 saturated heterocycles. The number of aryl methyl sites for hydroxylation is 1. The zero-order chi connectivity index (χ0) is 22.8. The van der Waals surface area contributed by atoms with Crippen LogP contribution in [0.3, 0.4) is 0 Å². The highest BCUT2D eigenvalue weighted by Crippen LogP contribution is 2.31. The number of aromatic nitrogens is 1. The van der Waals surface area contributed by atoms with E-state index in [9.17, 15) is 9.59 Å². The first kappa shape index (κ1) is 22.6. The maximum atomic E-state index is 12.9. The summed E-state index contributed by atoms with van der Waals surface area (Å²) in [6.07, 6.45) is 0. The molecule has 1 aromatic heterocycles. The molecule has 2 aromatic carbocycles. The zero-order valence-electron chi connectivity index (χ0n) is 17.8. The largest absolute Gasteiger partial charge is 0.378 e. The number of rotatable bonds is 5. The van der Waals surface area contributed by atoms with Crippen molar-refractivity contribution in [3.05, 3.63) is 75.0 Å². The van der Waals surface area contributed by atoms with Gasteiger partial charge in [-0.1, -0.05) is 27.5 Å². The molecule has 1 N–H and O–H groups in total. The van der Waals surface area contributed by atoms with Crippen LogP contribution in [0.5, 0.6) is 0 Å². The van der Waals surface area contributed by atoms with Crippen molar-refractivity contribution in [2.45, 2.75) is 13.8 Å². The van der Waals surface area contributed by atoms with Crippen molar-refractivity contribution >= 4 is 50.6 Å². The molecule has 0 unspecified atom stereocenters. The molecular weight excluding hydrogens is 494 g/mol. The summed E-state index contributed by atoms with van der Waals surface area (Å²) in [7, 11) is 0. The number of carbonyl (C=O) groups excluding carboxylic acids is 2. The van der Waals surface area contributed by atoms with E-state index in [1.807, 2.05) is 36.6 Å². The number of carbonyl (C=O) groups is 2. The van der Waals surface area contributed by atoms with Gasteiger partial charge in [0.25, 0.3) is 11.7 Å². The Labute approximate surface area is 200 Å². The molecule has 3 aromatic rings.